The molecule has 6 rings (SSSR count). The van der Waals surface area contributed by atoms with Gasteiger partial charge in [0.2, 0.25) is 0 Å². The third-order valence-corrected chi connectivity index (χ3v) is 10.0. The maximum absolute atomic E-state index is 13.0. The Morgan fingerprint density at radius 3 is 2.68 bits per heavy atom. The van der Waals surface area contributed by atoms with Crippen LogP contribution in [-0.4, -0.2) is 105 Å². The number of amides is 1. The van der Waals surface area contributed by atoms with Crippen LogP contribution in [-0.2, 0) is 4.74 Å². The van der Waals surface area contributed by atoms with Crippen molar-refractivity contribution in [3.8, 4) is 22.9 Å². The average molecular weight is 619 g/mol. The number of ether oxygens (including phenoxy) is 2. The average Bonchev–Trinajstić information content (AvgIpc) is 3.65. The summed E-state index contributed by atoms with van der Waals surface area (Å²) in [7, 11) is 2.21. The van der Waals surface area contributed by atoms with E-state index < -0.39 is 5.60 Å². The van der Waals surface area contributed by atoms with Gasteiger partial charge in [-0.3, -0.25) is 9.80 Å². The van der Waals surface area contributed by atoms with Crippen LogP contribution in [0.4, 0.5) is 10.6 Å². The molecule has 0 aromatic carbocycles. The molecule has 11 nitrogen and oxygen atoms in total. The number of alkyl carbamates (subject to hydrolysis) is 1. The van der Waals surface area contributed by atoms with Crippen molar-refractivity contribution in [2.75, 3.05) is 57.8 Å². The van der Waals surface area contributed by atoms with E-state index in [0.29, 0.717) is 28.5 Å². The highest BCUT2D eigenvalue weighted by atomic mass is 32.2. The number of nitrogens with one attached hydrogen (secondary N) is 1. The van der Waals surface area contributed by atoms with Crippen molar-refractivity contribution >= 4 is 29.2 Å². The van der Waals surface area contributed by atoms with E-state index in [1.54, 1.807) is 16.9 Å². The molecule has 3 aliphatic rings. The van der Waals surface area contributed by atoms with E-state index in [9.17, 15) is 10.1 Å². The normalized spacial score (nSPS) is 22.1. The second-order valence-corrected chi connectivity index (χ2v) is 14.4. The van der Waals surface area contributed by atoms with E-state index in [-0.39, 0.29) is 11.6 Å². The molecule has 0 spiro atoms. The first-order chi connectivity index (χ1) is 21.1. The van der Waals surface area contributed by atoms with Gasteiger partial charge in [-0.2, -0.15) is 10.4 Å². The Hall–Kier alpha value is -3.53. The second kappa shape index (κ2) is 12.1. The van der Waals surface area contributed by atoms with E-state index in [1.165, 1.54) is 0 Å². The Bertz CT molecular complexity index is 1540. The number of hydrogen-bond acceptors (Lipinski definition) is 10. The standard InChI is InChI=1S/C32H42N8O3S/c1-6-42-24-15-25(28-23(16-33)18-35-40(28)19-24)22-7-8-27(34-17-22)39-11-9-32(10-12-39,36-30(41)43-31(2,3)4)21-38-14-13-37(5)29-26(20-38)44-29/h7-8,15,17-19,26,29H,6,9-14,20-21H2,1-5H3,(H,36,41). The summed E-state index contributed by atoms with van der Waals surface area (Å²) >= 11 is 2.04. The van der Waals surface area contributed by atoms with Crippen LogP contribution in [0.15, 0.2) is 36.8 Å². The van der Waals surface area contributed by atoms with Crippen molar-refractivity contribution in [3.63, 3.8) is 0 Å². The van der Waals surface area contributed by atoms with Crippen LogP contribution < -0.4 is 15.0 Å². The van der Waals surface area contributed by atoms with Crippen molar-refractivity contribution in [2.24, 2.45) is 0 Å². The van der Waals surface area contributed by atoms with Crippen LogP contribution in [0, 0.1) is 11.3 Å². The largest absolute Gasteiger partial charge is 0.492 e. The first-order valence-corrected chi connectivity index (χ1v) is 16.4. The minimum atomic E-state index is -0.556. The summed E-state index contributed by atoms with van der Waals surface area (Å²) in [6.07, 6.45) is 6.46. The number of thioether (sulfide) groups is 1. The maximum atomic E-state index is 13.0. The molecule has 3 aromatic heterocycles. The van der Waals surface area contributed by atoms with Gasteiger partial charge in [0.05, 0.1) is 41.0 Å². The van der Waals surface area contributed by atoms with Crippen LogP contribution in [0.2, 0.25) is 0 Å². The summed E-state index contributed by atoms with van der Waals surface area (Å²) in [5.41, 5.74) is 2.04. The topological polar surface area (TPSA) is 111 Å². The van der Waals surface area contributed by atoms with E-state index in [4.69, 9.17) is 14.5 Å². The Labute approximate surface area is 263 Å². The van der Waals surface area contributed by atoms with Crippen molar-refractivity contribution in [1.29, 1.82) is 5.26 Å². The third kappa shape index (κ3) is 6.60. The van der Waals surface area contributed by atoms with Crippen molar-refractivity contribution in [3.05, 3.63) is 42.4 Å². The van der Waals surface area contributed by atoms with Crippen LogP contribution >= 0.6 is 11.8 Å². The predicted molar refractivity (Wildman–Crippen MR) is 172 cm³/mol. The highest BCUT2D eigenvalue weighted by Gasteiger charge is 2.46. The highest BCUT2D eigenvalue weighted by molar-refractivity contribution is 8.07. The van der Waals surface area contributed by atoms with Crippen LogP contribution in [0.3, 0.4) is 0 Å². The Morgan fingerprint density at radius 1 is 1.20 bits per heavy atom. The van der Waals surface area contributed by atoms with Crippen LogP contribution in [0.5, 0.6) is 5.75 Å². The van der Waals surface area contributed by atoms with Crippen molar-refractivity contribution in [1.82, 2.24) is 29.7 Å². The number of carbonyl (C=O) groups is 1. The first-order valence-electron chi connectivity index (χ1n) is 15.4. The molecule has 0 aliphatic carbocycles. The molecule has 6 heterocycles. The number of piperidine rings is 1. The molecule has 1 amide bonds. The van der Waals surface area contributed by atoms with E-state index >= 15 is 0 Å². The molecule has 2 atom stereocenters. The molecular formula is C32H42N8O3S. The van der Waals surface area contributed by atoms with Gasteiger partial charge in [-0.05, 0) is 65.8 Å². The number of fused-ring (bicyclic) bond motifs is 2. The second-order valence-electron chi connectivity index (χ2n) is 13.1. The van der Waals surface area contributed by atoms with Gasteiger partial charge in [-0.15, -0.1) is 11.8 Å². The summed E-state index contributed by atoms with van der Waals surface area (Å²) in [5, 5.41) is 18.6. The Balaban J connectivity index is 1.19. The fourth-order valence-corrected chi connectivity index (χ4v) is 7.55. The zero-order chi connectivity index (χ0) is 31.1. The fraction of sp³-hybridized carbons (Fsp3) is 0.562. The lowest BCUT2D eigenvalue weighted by Crippen LogP contribution is -2.61. The molecule has 0 radical (unpaired) electrons. The number of pyridine rings is 2. The van der Waals surface area contributed by atoms with Crippen molar-refractivity contribution < 1.29 is 14.3 Å². The van der Waals surface area contributed by atoms with Gasteiger partial charge < -0.3 is 19.7 Å². The van der Waals surface area contributed by atoms with Gasteiger partial charge in [0.15, 0.2) is 0 Å². The minimum Gasteiger partial charge on any atom is -0.492 e. The lowest BCUT2D eigenvalue weighted by Gasteiger charge is -2.45. The zero-order valence-electron chi connectivity index (χ0n) is 26.2. The predicted octanol–water partition coefficient (Wildman–Crippen LogP) is 4.22. The highest BCUT2D eigenvalue weighted by Crippen LogP contribution is 2.45. The van der Waals surface area contributed by atoms with E-state index in [2.05, 4.69) is 38.2 Å². The molecule has 44 heavy (non-hydrogen) atoms. The van der Waals surface area contributed by atoms with E-state index in [1.807, 2.05) is 63.9 Å². The molecule has 234 valence electrons. The number of likely N-dealkylation sites (N-methyl/N-ethyl adjacent to an activating group) is 1. The molecular weight excluding hydrogens is 576 g/mol. The molecule has 12 heteroatoms. The number of nitrogens with zero attached hydrogens (tertiary/aromatic N) is 7. The number of nitriles is 1. The summed E-state index contributed by atoms with van der Waals surface area (Å²) < 4.78 is 13.2. The molecule has 3 saturated heterocycles. The lowest BCUT2D eigenvalue weighted by atomic mass is 9.86. The lowest BCUT2D eigenvalue weighted by molar-refractivity contribution is 0.0396. The fourth-order valence-electron chi connectivity index (χ4n) is 6.38. The quantitative estimate of drug-likeness (QED) is 0.387. The van der Waals surface area contributed by atoms with Gasteiger partial charge in [0.1, 0.15) is 23.2 Å². The summed E-state index contributed by atoms with van der Waals surface area (Å²) in [5.74, 6) is 1.57. The smallest absolute Gasteiger partial charge is 0.408 e. The molecule has 1 N–H and O–H groups in total. The van der Waals surface area contributed by atoms with Gasteiger partial charge in [-0.1, -0.05) is 0 Å². The first kappa shape index (κ1) is 30.5. The van der Waals surface area contributed by atoms with Gasteiger partial charge >= 0.3 is 6.09 Å². The Kier molecular flexibility index (Phi) is 8.39. The maximum Gasteiger partial charge on any atom is 0.408 e. The van der Waals surface area contributed by atoms with Crippen LogP contribution in [0.1, 0.15) is 46.1 Å². The minimum absolute atomic E-state index is 0.351. The third-order valence-electron chi connectivity index (χ3n) is 8.61. The number of aromatic nitrogens is 3. The summed E-state index contributed by atoms with van der Waals surface area (Å²) in [4.78, 5) is 25.2. The molecule has 2 unspecified atom stereocenters. The molecule has 3 aliphatic heterocycles. The Morgan fingerprint density at radius 2 is 2.00 bits per heavy atom. The number of anilines is 1. The van der Waals surface area contributed by atoms with Gasteiger partial charge in [-0.25, -0.2) is 14.3 Å². The number of rotatable bonds is 7. The van der Waals surface area contributed by atoms with E-state index in [0.717, 1.165) is 74.6 Å². The monoisotopic (exact) mass is 618 g/mol. The zero-order valence-corrected chi connectivity index (χ0v) is 27.1. The number of carbonyl (C=O) groups excluding carboxylic acids is 1. The molecule has 3 fully saturated rings. The molecule has 0 bridgehead atoms. The van der Waals surface area contributed by atoms with Gasteiger partial charge in [0.25, 0.3) is 0 Å². The summed E-state index contributed by atoms with van der Waals surface area (Å²) in [6, 6.07) is 8.27. The molecule has 0 saturated carbocycles. The van der Waals surface area contributed by atoms with Crippen molar-refractivity contribution in [2.45, 2.75) is 62.3 Å². The van der Waals surface area contributed by atoms with Crippen LogP contribution in [0.25, 0.3) is 16.6 Å². The molecule has 3 aromatic rings. The summed E-state index contributed by atoms with van der Waals surface area (Å²) in [6.45, 7) is 13.6. The van der Waals surface area contributed by atoms with Gasteiger partial charge in [0, 0.05) is 61.8 Å². The number of hydrogen-bond donors (Lipinski definition) is 1. The SMILES string of the molecule is CCOc1cc(-c2ccc(N3CCC(CN4CCN(C)C5SC5C4)(NC(=O)OC(C)(C)C)CC3)nc2)c2c(C#N)cnn2c1.